The lowest BCUT2D eigenvalue weighted by Crippen LogP contribution is -2.28. The maximum absolute atomic E-state index is 12.8. The molecule has 132 valence electrons. The highest BCUT2D eigenvalue weighted by Crippen LogP contribution is 2.15. The van der Waals surface area contributed by atoms with Crippen molar-refractivity contribution in [2.75, 3.05) is 0 Å². The van der Waals surface area contributed by atoms with Crippen molar-refractivity contribution >= 4 is 22.0 Å². The third-order valence-electron chi connectivity index (χ3n) is 2.89. The number of carbonyl (C=O) groups is 1. The largest absolute Gasteiger partial charge is 0.435 e. The molecule has 25 heavy (non-hydrogen) atoms. The van der Waals surface area contributed by atoms with E-state index in [1.807, 2.05) is 0 Å². The van der Waals surface area contributed by atoms with Gasteiger partial charge in [-0.15, -0.1) is 0 Å². The lowest BCUT2D eigenvalue weighted by Gasteiger charge is -2.05. The molecule has 9 heteroatoms. The van der Waals surface area contributed by atoms with Gasteiger partial charge in [0.05, 0.1) is 4.90 Å². The molecule has 0 heterocycles. The molecular formula is C16H12F3NO4S. The highest BCUT2D eigenvalue weighted by Gasteiger charge is 2.16. The summed E-state index contributed by atoms with van der Waals surface area (Å²) in [7, 11) is -4.12. The zero-order valence-electron chi connectivity index (χ0n) is 12.5. The Balaban J connectivity index is 2.01. The molecule has 2 aromatic rings. The van der Waals surface area contributed by atoms with E-state index in [1.165, 1.54) is 30.3 Å². The van der Waals surface area contributed by atoms with Gasteiger partial charge >= 0.3 is 6.61 Å². The molecule has 0 aromatic heterocycles. The zero-order chi connectivity index (χ0) is 18.4. The van der Waals surface area contributed by atoms with E-state index in [-0.39, 0.29) is 10.6 Å². The van der Waals surface area contributed by atoms with Crippen molar-refractivity contribution in [3.05, 3.63) is 66.0 Å². The lowest BCUT2D eigenvalue weighted by atomic mass is 10.2. The standard InChI is InChI=1S/C16H12F3NO4S/c17-12-4-8-14(9-5-12)25(22,23)20-15(21)10-3-11-1-6-13(7-2-11)24-16(18)19/h1-10,16H,(H,20,21)/b10-3+. The lowest BCUT2D eigenvalue weighted by molar-refractivity contribution is -0.114. The van der Waals surface area contributed by atoms with E-state index in [0.29, 0.717) is 5.56 Å². The van der Waals surface area contributed by atoms with E-state index in [1.54, 1.807) is 4.72 Å². The van der Waals surface area contributed by atoms with Gasteiger partial charge in [0.15, 0.2) is 0 Å². The zero-order valence-corrected chi connectivity index (χ0v) is 13.3. The van der Waals surface area contributed by atoms with Crippen LogP contribution >= 0.6 is 0 Å². The molecule has 0 spiro atoms. The minimum Gasteiger partial charge on any atom is -0.435 e. The van der Waals surface area contributed by atoms with Crippen LogP contribution in [-0.2, 0) is 14.8 Å². The fraction of sp³-hybridized carbons (Fsp3) is 0.0625. The van der Waals surface area contributed by atoms with Gasteiger partial charge < -0.3 is 4.74 Å². The smallest absolute Gasteiger partial charge is 0.387 e. The molecule has 2 rings (SSSR count). The number of halogens is 3. The van der Waals surface area contributed by atoms with Gasteiger partial charge in [-0.05, 0) is 48.0 Å². The summed E-state index contributed by atoms with van der Waals surface area (Å²) in [6.45, 7) is -2.94. The predicted molar refractivity (Wildman–Crippen MR) is 83.8 cm³/mol. The second kappa shape index (κ2) is 7.84. The Morgan fingerprint density at radius 3 is 2.20 bits per heavy atom. The van der Waals surface area contributed by atoms with Gasteiger partial charge in [0.2, 0.25) is 0 Å². The van der Waals surface area contributed by atoms with Crippen molar-refractivity contribution in [1.82, 2.24) is 4.72 Å². The van der Waals surface area contributed by atoms with E-state index in [2.05, 4.69) is 4.74 Å². The first-order chi connectivity index (χ1) is 11.8. The number of benzene rings is 2. The summed E-state index contributed by atoms with van der Waals surface area (Å²) in [5, 5.41) is 0. The highest BCUT2D eigenvalue weighted by molar-refractivity contribution is 7.90. The number of hydrogen-bond donors (Lipinski definition) is 1. The summed E-state index contributed by atoms with van der Waals surface area (Å²) >= 11 is 0. The summed E-state index contributed by atoms with van der Waals surface area (Å²) in [6, 6.07) is 9.34. The fourth-order valence-corrected chi connectivity index (χ4v) is 2.72. The second-order valence-corrected chi connectivity index (χ2v) is 6.39. The van der Waals surface area contributed by atoms with Crippen molar-refractivity contribution in [2.45, 2.75) is 11.5 Å². The molecular weight excluding hydrogens is 359 g/mol. The number of hydrogen-bond acceptors (Lipinski definition) is 4. The molecule has 0 saturated heterocycles. The third kappa shape index (κ3) is 5.64. The Kier molecular flexibility index (Phi) is 5.81. The van der Waals surface area contributed by atoms with Crippen molar-refractivity contribution < 1.29 is 31.1 Å². The number of ether oxygens (including phenoxy) is 1. The second-order valence-electron chi connectivity index (χ2n) is 4.70. The Hall–Kier alpha value is -2.81. The normalized spacial score (nSPS) is 11.7. The molecule has 0 aliphatic carbocycles. The van der Waals surface area contributed by atoms with Crippen LogP contribution in [0.3, 0.4) is 0 Å². The summed E-state index contributed by atoms with van der Waals surface area (Å²) in [6.07, 6.45) is 2.26. The highest BCUT2D eigenvalue weighted by atomic mass is 32.2. The van der Waals surface area contributed by atoms with E-state index in [4.69, 9.17) is 0 Å². The number of nitrogens with one attached hydrogen (secondary N) is 1. The van der Waals surface area contributed by atoms with Gasteiger partial charge in [0.1, 0.15) is 11.6 Å². The molecule has 0 fully saturated rings. The van der Waals surface area contributed by atoms with Crippen molar-refractivity contribution in [2.24, 2.45) is 0 Å². The Bertz CT molecular complexity index is 863. The molecule has 2 aromatic carbocycles. The number of amides is 1. The van der Waals surface area contributed by atoms with Crippen molar-refractivity contribution in [3.8, 4) is 5.75 Å². The van der Waals surface area contributed by atoms with Crippen LogP contribution in [0.2, 0.25) is 0 Å². The summed E-state index contributed by atoms with van der Waals surface area (Å²) < 4.78 is 66.7. The maximum atomic E-state index is 12.8. The quantitative estimate of drug-likeness (QED) is 0.793. The van der Waals surface area contributed by atoms with E-state index >= 15 is 0 Å². The van der Waals surface area contributed by atoms with Crippen LogP contribution in [0.15, 0.2) is 59.5 Å². The first-order valence-corrected chi connectivity index (χ1v) is 8.30. The Morgan fingerprint density at radius 2 is 1.64 bits per heavy atom. The van der Waals surface area contributed by atoms with Crippen LogP contribution in [0.25, 0.3) is 6.08 Å². The van der Waals surface area contributed by atoms with Gasteiger partial charge in [-0.3, -0.25) is 4.79 Å². The molecule has 0 atom stereocenters. The number of rotatable bonds is 6. The molecule has 1 N–H and O–H groups in total. The molecule has 0 bridgehead atoms. The Morgan fingerprint density at radius 1 is 1.04 bits per heavy atom. The molecule has 0 saturated carbocycles. The average molecular weight is 371 g/mol. The fourth-order valence-electron chi connectivity index (χ4n) is 1.77. The summed E-state index contributed by atoms with van der Waals surface area (Å²) in [5.41, 5.74) is 0.468. The van der Waals surface area contributed by atoms with Gasteiger partial charge in [-0.2, -0.15) is 8.78 Å². The minimum absolute atomic E-state index is 0.0458. The summed E-state index contributed by atoms with van der Waals surface area (Å²) in [4.78, 5) is 11.4. The number of sulfonamides is 1. The van der Waals surface area contributed by atoms with Crippen LogP contribution in [-0.4, -0.2) is 20.9 Å². The van der Waals surface area contributed by atoms with E-state index in [9.17, 15) is 26.4 Å². The van der Waals surface area contributed by atoms with Crippen molar-refractivity contribution in [1.29, 1.82) is 0 Å². The number of carbonyl (C=O) groups excluding carboxylic acids is 1. The number of alkyl halides is 2. The molecule has 0 radical (unpaired) electrons. The van der Waals surface area contributed by atoms with Crippen LogP contribution < -0.4 is 9.46 Å². The van der Waals surface area contributed by atoms with Gasteiger partial charge in [-0.1, -0.05) is 12.1 Å². The van der Waals surface area contributed by atoms with Crippen molar-refractivity contribution in [3.63, 3.8) is 0 Å². The molecule has 1 amide bonds. The monoisotopic (exact) mass is 371 g/mol. The van der Waals surface area contributed by atoms with Gasteiger partial charge in [0, 0.05) is 6.08 Å². The van der Waals surface area contributed by atoms with Crippen LogP contribution in [0.4, 0.5) is 13.2 Å². The average Bonchev–Trinajstić information content (AvgIpc) is 2.53. The maximum Gasteiger partial charge on any atom is 0.387 e. The molecule has 0 aliphatic rings. The SMILES string of the molecule is O=C(/C=C/c1ccc(OC(F)F)cc1)NS(=O)(=O)c1ccc(F)cc1. The van der Waals surface area contributed by atoms with Crippen LogP contribution in [0.1, 0.15) is 5.56 Å². The third-order valence-corrected chi connectivity index (χ3v) is 4.25. The topological polar surface area (TPSA) is 72.5 Å². The first-order valence-electron chi connectivity index (χ1n) is 6.81. The van der Waals surface area contributed by atoms with E-state index in [0.717, 1.165) is 30.3 Å². The predicted octanol–water partition coefficient (Wildman–Crippen LogP) is 2.95. The van der Waals surface area contributed by atoms with Gasteiger partial charge in [-0.25, -0.2) is 17.5 Å². The Labute approximate surface area is 141 Å². The molecule has 0 aliphatic heterocycles. The molecule has 0 unspecified atom stereocenters. The van der Waals surface area contributed by atoms with Crippen LogP contribution in [0.5, 0.6) is 5.75 Å². The van der Waals surface area contributed by atoms with Gasteiger partial charge in [0.25, 0.3) is 15.9 Å². The van der Waals surface area contributed by atoms with Crippen LogP contribution in [0, 0.1) is 5.82 Å². The van der Waals surface area contributed by atoms with E-state index < -0.39 is 28.4 Å². The summed E-state index contributed by atoms with van der Waals surface area (Å²) in [5.74, 6) is -1.57. The minimum atomic E-state index is -4.12. The molecule has 5 nitrogen and oxygen atoms in total. The first kappa shape index (κ1) is 18.5.